The number of nitrogens with one attached hydrogen (secondary N) is 1. The van der Waals surface area contributed by atoms with Crippen LogP contribution in [0.15, 0.2) is 56.6 Å². The Hall–Kier alpha value is -3.20. The molecule has 36 heavy (non-hydrogen) atoms. The Bertz CT molecular complexity index is 1460. The third-order valence-electron chi connectivity index (χ3n) is 6.98. The van der Waals surface area contributed by atoms with Gasteiger partial charge in [-0.3, -0.25) is 4.72 Å². The molecule has 190 valence electrons. The van der Waals surface area contributed by atoms with Crippen LogP contribution in [0.4, 0.5) is 14.5 Å². The van der Waals surface area contributed by atoms with E-state index in [4.69, 9.17) is 4.42 Å². The standard InChI is InChI=1S/C27H27F2NO5S/c28-18-12-13-23(21(29)15-18)36(33,34)30-19-7-5-6-17(14-19)24(16-10-11-16)25-26(31)20-8-3-1-2-4-9-22(20)35-27(25)32/h5-7,12-16,24,30-31H,1-4,8-11H2. The highest BCUT2D eigenvalue weighted by molar-refractivity contribution is 7.92. The van der Waals surface area contributed by atoms with Crippen LogP contribution in [0.25, 0.3) is 0 Å². The lowest BCUT2D eigenvalue weighted by molar-refractivity contribution is 0.382. The Morgan fingerprint density at radius 1 is 1.00 bits per heavy atom. The molecule has 5 rings (SSSR count). The van der Waals surface area contributed by atoms with Crippen LogP contribution in [0.3, 0.4) is 0 Å². The van der Waals surface area contributed by atoms with Crippen molar-refractivity contribution in [3.63, 3.8) is 0 Å². The second-order valence-electron chi connectivity index (χ2n) is 9.59. The molecule has 2 aliphatic rings. The van der Waals surface area contributed by atoms with Crippen molar-refractivity contribution < 1.29 is 26.7 Å². The fraction of sp³-hybridized carbons (Fsp3) is 0.370. The minimum atomic E-state index is -4.33. The maximum atomic E-state index is 14.1. The minimum Gasteiger partial charge on any atom is -0.507 e. The van der Waals surface area contributed by atoms with Gasteiger partial charge in [-0.15, -0.1) is 0 Å². The van der Waals surface area contributed by atoms with Crippen molar-refractivity contribution in [3.05, 3.63) is 87.0 Å². The first-order chi connectivity index (χ1) is 17.2. The zero-order chi connectivity index (χ0) is 25.4. The molecule has 0 saturated heterocycles. The van der Waals surface area contributed by atoms with E-state index in [0.717, 1.165) is 50.7 Å². The lowest BCUT2D eigenvalue weighted by Crippen LogP contribution is -2.19. The van der Waals surface area contributed by atoms with Gasteiger partial charge in [0, 0.05) is 29.7 Å². The van der Waals surface area contributed by atoms with Crippen LogP contribution >= 0.6 is 0 Å². The number of fused-ring (bicyclic) bond motifs is 1. The van der Waals surface area contributed by atoms with Crippen LogP contribution in [0, 0.1) is 17.6 Å². The van der Waals surface area contributed by atoms with Gasteiger partial charge in [0.1, 0.15) is 28.0 Å². The minimum absolute atomic E-state index is 0.0144. The van der Waals surface area contributed by atoms with E-state index >= 15 is 0 Å². The highest BCUT2D eigenvalue weighted by atomic mass is 32.2. The quantitative estimate of drug-likeness (QED) is 0.444. The summed E-state index contributed by atoms with van der Waals surface area (Å²) >= 11 is 0. The average Bonchev–Trinajstić information content (AvgIpc) is 3.62. The molecule has 3 aromatic rings. The van der Waals surface area contributed by atoms with Gasteiger partial charge in [-0.05, 0) is 67.9 Å². The van der Waals surface area contributed by atoms with E-state index in [1.54, 1.807) is 18.2 Å². The molecule has 1 fully saturated rings. The predicted octanol–water partition coefficient (Wildman–Crippen LogP) is 5.63. The first kappa shape index (κ1) is 24.5. The summed E-state index contributed by atoms with van der Waals surface area (Å²) < 4.78 is 61.0. The second kappa shape index (κ2) is 9.69. The smallest absolute Gasteiger partial charge is 0.343 e. The van der Waals surface area contributed by atoms with Crippen LogP contribution in [0.5, 0.6) is 5.75 Å². The molecule has 6 nitrogen and oxygen atoms in total. The van der Waals surface area contributed by atoms with E-state index < -0.39 is 38.1 Å². The Balaban J connectivity index is 1.52. The first-order valence-electron chi connectivity index (χ1n) is 12.2. The molecule has 2 aromatic carbocycles. The number of benzene rings is 2. The third kappa shape index (κ3) is 4.89. The van der Waals surface area contributed by atoms with Gasteiger partial charge in [-0.1, -0.05) is 25.0 Å². The van der Waals surface area contributed by atoms with Gasteiger partial charge in [0.2, 0.25) is 0 Å². The molecule has 1 saturated carbocycles. The van der Waals surface area contributed by atoms with Crippen molar-refractivity contribution in [2.75, 3.05) is 4.72 Å². The maximum Gasteiger partial charge on any atom is 0.343 e. The fourth-order valence-corrected chi connectivity index (χ4v) is 6.21. The number of sulfonamides is 1. The number of halogens is 2. The van der Waals surface area contributed by atoms with Gasteiger partial charge in [0.25, 0.3) is 10.0 Å². The van der Waals surface area contributed by atoms with Gasteiger partial charge in [-0.25, -0.2) is 22.0 Å². The summed E-state index contributed by atoms with van der Waals surface area (Å²) in [7, 11) is -4.33. The number of anilines is 1. The Kier molecular flexibility index (Phi) is 6.59. The predicted molar refractivity (Wildman–Crippen MR) is 131 cm³/mol. The zero-order valence-electron chi connectivity index (χ0n) is 19.6. The monoisotopic (exact) mass is 515 g/mol. The molecule has 1 atom stereocenters. The molecule has 9 heteroatoms. The summed E-state index contributed by atoms with van der Waals surface area (Å²) in [4.78, 5) is 12.4. The Morgan fingerprint density at radius 2 is 1.75 bits per heavy atom. The van der Waals surface area contributed by atoms with Crippen molar-refractivity contribution >= 4 is 15.7 Å². The summed E-state index contributed by atoms with van der Waals surface area (Å²) in [6, 6.07) is 8.75. The molecule has 2 N–H and O–H groups in total. The van der Waals surface area contributed by atoms with Crippen molar-refractivity contribution in [1.82, 2.24) is 0 Å². The first-order valence-corrected chi connectivity index (χ1v) is 13.7. The SMILES string of the molecule is O=c1oc2c(c(O)c1C(c1cccc(NS(=O)(=O)c3ccc(F)cc3F)c1)C1CC1)CCCCCC2. The molecule has 0 bridgehead atoms. The topological polar surface area (TPSA) is 96.6 Å². The molecule has 0 amide bonds. The molecule has 1 unspecified atom stereocenters. The van der Waals surface area contributed by atoms with Gasteiger partial charge >= 0.3 is 5.63 Å². The number of hydrogen-bond acceptors (Lipinski definition) is 5. The van der Waals surface area contributed by atoms with Crippen molar-refractivity contribution in [1.29, 1.82) is 0 Å². The highest BCUT2D eigenvalue weighted by Crippen LogP contribution is 2.49. The van der Waals surface area contributed by atoms with Crippen LogP contribution in [-0.2, 0) is 22.9 Å². The highest BCUT2D eigenvalue weighted by Gasteiger charge is 2.38. The molecule has 1 heterocycles. The van der Waals surface area contributed by atoms with Gasteiger partial charge in [-0.2, -0.15) is 0 Å². The van der Waals surface area contributed by atoms with E-state index in [9.17, 15) is 27.1 Å². The maximum absolute atomic E-state index is 14.1. The van der Waals surface area contributed by atoms with Gasteiger partial charge < -0.3 is 9.52 Å². The van der Waals surface area contributed by atoms with Crippen LogP contribution in [0.1, 0.15) is 66.9 Å². The Labute approximate surface area is 208 Å². The lowest BCUT2D eigenvalue weighted by atomic mass is 9.85. The number of rotatable bonds is 6. The summed E-state index contributed by atoms with van der Waals surface area (Å²) in [5, 5.41) is 11.3. The molecule has 1 aromatic heterocycles. The average molecular weight is 516 g/mol. The van der Waals surface area contributed by atoms with E-state index in [-0.39, 0.29) is 22.9 Å². The molecule has 0 spiro atoms. The normalized spacial score (nSPS) is 17.1. The van der Waals surface area contributed by atoms with Crippen molar-refractivity contribution in [3.8, 4) is 5.75 Å². The van der Waals surface area contributed by atoms with Gasteiger partial charge in [0.15, 0.2) is 0 Å². The van der Waals surface area contributed by atoms with Crippen molar-refractivity contribution in [2.24, 2.45) is 5.92 Å². The number of aromatic hydroxyl groups is 1. The van der Waals surface area contributed by atoms with E-state index in [1.165, 1.54) is 6.07 Å². The van der Waals surface area contributed by atoms with E-state index in [2.05, 4.69) is 4.72 Å². The number of hydrogen-bond donors (Lipinski definition) is 2. The molecular formula is C27H27F2NO5S. The zero-order valence-corrected chi connectivity index (χ0v) is 20.4. The third-order valence-corrected chi connectivity index (χ3v) is 8.39. The van der Waals surface area contributed by atoms with E-state index in [1.807, 2.05) is 0 Å². The van der Waals surface area contributed by atoms with Crippen LogP contribution in [0.2, 0.25) is 0 Å². The molecule has 0 aliphatic heterocycles. The van der Waals surface area contributed by atoms with Crippen molar-refractivity contribution in [2.45, 2.75) is 62.2 Å². The van der Waals surface area contributed by atoms with Gasteiger partial charge in [0.05, 0.1) is 5.56 Å². The number of aryl methyl sites for hydroxylation is 1. The summed E-state index contributed by atoms with van der Waals surface area (Å²) in [5.74, 6) is -1.90. The second-order valence-corrected chi connectivity index (χ2v) is 11.2. The van der Waals surface area contributed by atoms with Crippen LogP contribution < -0.4 is 10.3 Å². The largest absolute Gasteiger partial charge is 0.507 e. The summed E-state index contributed by atoms with van der Waals surface area (Å²) in [6.07, 6.45) is 6.88. The molecular weight excluding hydrogens is 488 g/mol. The summed E-state index contributed by atoms with van der Waals surface area (Å²) in [6.45, 7) is 0. The summed E-state index contributed by atoms with van der Waals surface area (Å²) in [5.41, 5.74) is 1.14. The Morgan fingerprint density at radius 3 is 2.47 bits per heavy atom. The molecule has 0 radical (unpaired) electrons. The van der Waals surface area contributed by atoms with Crippen LogP contribution in [-0.4, -0.2) is 13.5 Å². The fourth-order valence-electron chi connectivity index (χ4n) is 5.10. The molecule has 2 aliphatic carbocycles. The van der Waals surface area contributed by atoms with E-state index in [0.29, 0.717) is 35.8 Å². The lowest BCUT2D eigenvalue weighted by Gasteiger charge is -2.22.